The maximum absolute atomic E-state index is 6.01. The fourth-order valence-corrected chi connectivity index (χ4v) is 3.54. The Morgan fingerprint density at radius 3 is 2.45 bits per heavy atom. The molecule has 0 amide bonds. The number of imidazole rings is 1. The number of nitrogens with zero attached hydrogens (tertiary/aromatic N) is 2. The van der Waals surface area contributed by atoms with Gasteiger partial charge >= 0.3 is 0 Å². The summed E-state index contributed by atoms with van der Waals surface area (Å²) in [5.41, 5.74) is 4.60. The Labute approximate surface area is 183 Å². The molecule has 0 saturated heterocycles. The summed E-state index contributed by atoms with van der Waals surface area (Å²) in [6, 6.07) is 22.0. The number of fused-ring (bicyclic) bond motifs is 1. The van der Waals surface area contributed by atoms with Crippen LogP contribution in [0.4, 0.5) is 0 Å². The van der Waals surface area contributed by atoms with Crippen molar-refractivity contribution in [2.45, 2.75) is 33.4 Å². The Hall–Kier alpha value is -3.47. The summed E-state index contributed by atoms with van der Waals surface area (Å²) in [5, 5.41) is 0. The average molecular weight is 417 g/mol. The van der Waals surface area contributed by atoms with E-state index < -0.39 is 0 Å². The van der Waals surface area contributed by atoms with E-state index in [9.17, 15) is 0 Å². The van der Waals surface area contributed by atoms with E-state index in [0.717, 1.165) is 47.1 Å². The zero-order valence-corrected chi connectivity index (χ0v) is 18.3. The number of aryl methyl sites for hydroxylation is 3. The predicted molar refractivity (Wildman–Crippen MR) is 123 cm³/mol. The molecule has 0 bridgehead atoms. The largest absolute Gasteiger partial charge is 0.497 e. The van der Waals surface area contributed by atoms with Gasteiger partial charge in [0.2, 0.25) is 0 Å². The van der Waals surface area contributed by atoms with E-state index in [0.29, 0.717) is 13.2 Å². The molecule has 3 aromatic carbocycles. The number of ether oxygens (including phenoxy) is 3. The van der Waals surface area contributed by atoms with Crippen molar-refractivity contribution < 1.29 is 14.2 Å². The van der Waals surface area contributed by atoms with Gasteiger partial charge in [-0.1, -0.05) is 24.3 Å². The first-order valence-corrected chi connectivity index (χ1v) is 10.5. The number of aromatic nitrogens is 2. The quantitative estimate of drug-likeness (QED) is 0.328. The van der Waals surface area contributed by atoms with Gasteiger partial charge in [0.25, 0.3) is 0 Å². The lowest BCUT2D eigenvalue weighted by molar-refractivity contribution is 0.279. The Balaban J connectivity index is 1.43. The summed E-state index contributed by atoms with van der Waals surface area (Å²) >= 11 is 0. The summed E-state index contributed by atoms with van der Waals surface area (Å²) in [5.74, 6) is 3.35. The smallest absolute Gasteiger partial charge is 0.147 e. The highest BCUT2D eigenvalue weighted by Crippen LogP contribution is 2.22. The maximum atomic E-state index is 6.01. The van der Waals surface area contributed by atoms with Crippen molar-refractivity contribution in [3.63, 3.8) is 0 Å². The first-order chi connectivity index (χ1) is 15.1. The zero-order chi connectivity index (χ0) is 21.6. The van der Waals surface area contributed by atoms with Gasteiger partial charge in [0.1, 0.15) is 29.7 Å². The molecule has 5 nitrogen and oxygen atoms in total. The van der Waals surface area contributed by atoms with Crippen LogP contribution in [0.25, 0.3) is 11.0 Å². The first-order valence-electron chi connectivity index (χ1n) is 10.5. The molecular formula is C26H28N2O3. The summed E-state index contributed by atoms with van der Waals surface area (Å²) in [6.45, 7) is 6.06. The summed E-state index contributed by atoms with van der Waals surface area (Å²) in [6.07, 6.45) is 0.874. The van der Waals surface area contributed by atoms with E-state index >= 15 is 0 Å². The Morgan fingerprint density at radius 2 is 1.61 bits per heavy atom. The van der Waals surface area contributed by atoms with Gasteiger partial charge in [0.05, 0.1) is 24.8 Å². The van der Waals surface area contributed by atoms with Gasteiger partial charge in [-0.15, -0.1) is 0 Å². The lowest BCUT2D eigenvalue weighted by Gasteiger charge is -2.12. The molecule has 160 valence electrons. The molecule has 0 N–H and O–H groups in total. The highest BCUT2D eigenvalue weighted by Gasteiger charge is 2.11. The minimum atomic E-state index is 0.389. The molecule has 0 aliphatic rings. The molecule has 0 aliphatic carbocycles. The van der Waals surface area contributed by atoms with Crippen LogP contribution in [0, 0.1) is 13.8 Å². The lowest BCUT2D eigenvalue weighted by Crippen LogP contribution is -2.10. The van der Waals surface area contributed by atoms with Gasteiger partial charge in [-0.3, -0.25) is 0 Å². The molecule has 0 atom stereocenters. The summed E-state index contributed by atoms with van der Waals surface area (Å²) in [4.78, 5) is 4.79. The number of rotatable bonds is 9. The molecule has 0 spiro atoms. The van der Waals surface area contributed by atoms with E-state index in [-0.39, 0.29) is 0 Å². The van der Waals surface area contributed by atoms with Crippen LogP contribution >= 0.6 is 0 Å². The van der Waals surface area contributed by atoms with Gasteiger partial charge in [0, 0.05) is 12.6 Å². The van der Waals surface area contributed by atoms with E-state index in [1.807, 2.05) is 48.5 Å². The van der Waals surface area contributed by atoms with Gasteiger partial charge in [-0.05, 0) is 67.8 Å². The van der Waals surface area contributed by atoms with Crippen molar-refractivity contribution in [1.82, 2.24) is 9.55 Å². The van der Waals surface area contributed by atoms with Crippen molar-refractivity contribution in [3.8, 4) is 17.2 Å². The number of benzene rings is 3. The second-order valence-electron chi connectivity index (χ2n) is 7.58. The average Bonchev–Trinajstić information content (AvgIpc) is 3.15. The standard InChI is InChI=1S/C26H28N2O3/c1-19-12-13-23(16-20(19)2)30-15-7-14-28-25-11-5-4-10-24(25)27-26(28)18-31-22-9-6-8-21(17-22)29-3/h4-6,8-13,16-17H,7,14-15,18H2,1-3H3. The molecule has 0 saturated carbocycles. The molecule has 1 heterocycles. The molecular weight excluding hydrogens is 388 g/mol. The van der Waals surface area contributed by atoms with Crippen molar-refractivity contribution >= 4 is 11.0 Å². The van der Waals surface area contributed by atoms with Crippen LogP contribution in [0.5, 0.6) is 17.2 Å². The van der Waals surface area contributed by atoms with Crippen LogP contribution in [-0.4, -0.2) is 23.3 Å². The highest BCUT2D eigenvalue weighted by atomic mass is 16.5. The molecule has 0 unspecified atom stereocenters. The van der Waals surface area contributed by atoms with Crippen LogP contribution in [0.15, 0.2) is 66.7 Å². The number of methoxy groups -OCH3 is 1. The Kier molecular flexibility index (Phi) is 6.41. The second kappa shape index (κ2) is 9.56. The molecule has 31 heavy (non-hydrogen) atoms. The van der Waals surface area contributed by atoms with Gasteiger partial charge in [-0.2, -0.15) is 0 Å². The third-order valence-corrected chi connectivity index (χ3v) is 5.42. The Morgan fingerprint density at radius 1 is 0.806 bits per heavy atom. The number of hydrogen-bond acceptors (Lipinski definition) is 4. The third-order valence-electron chi connectivity index (χ3n) is 5.42. The molecule has 5 heteroatoms. The molecule has 4 rings (SSSR count). The minimum absolute atomic E-state index is 0.389. The second-order valence-corrected chi connectivity index (χ2v) is 7.58. The van der Waals surface area contributed by atoms with Crippen LogP contribution < -0.4 is 14.2 Å². The maximum Gasteiger partial charge on any atom is 0.147 e. The molecule has 0 aliphatic heterocycles. The van der Waals surface area contributed by atoms with Crippen LogP contribution in [0.2, 0.25) is 0 Å². The van der Waals surface area contributed by atoms with Crippen molar-refractivity contribution in [3.05, 3.63) is 83.7 Å². The molecule has 0 radical (unpaired) electrons. The van der Waals surface area contributed by atoms with Crippen molar-refractivity contribution in [1.29, 1.82) is 0 Å². The SMILES string of the molecule is COc1cccc(OCc2nc3ccccc3n2CCCOc2ccc(C)c(C)c2)c1. The first kappa shape index (κ1) is 20.8. The Bertz CT molecular complexity index is 1170. The van der Waals surface area contributed by atoms with E-state index in [4.69, 9.17) is 19.2 Å². The number of para-hydroxylation sites is 2. The van der Waals surface area contributed by atoms with Gasteiger partial charge in [-0.25, -0.2) is 4.98 Å². The monoisotopic (exact) mass is 416 g/mol. The lowest BCUT2D eigenvalue weighted by atomic mass is 10.1. The molecule has 4 aromatic rings. The van der Waals surface area contributed by atoms with Crippen LogP contribution in [0.1, 0.15) is 23.4 Å². The van der Waals surface area contributed by atoms with Crippen LogP contribution in [-0.2, 0) is 13.2 Å². The van der Waals surface area contributed by atoms with Crippen molar-refractivity contribution in [2.75, 3.05) is 13.7 Å². The predicted octanol–water partition coefficient (Wildman–Crippen LogP) is 5.71. The molecule has 0 fully saturated rings. The normalized spacial score (nSPS) is 10.9. The summed E-state index contributed by atoms with van der Waals surface area (Å²) in [7, 11) is 1.65. The fraction of sp³-hybridized carbons (Fsp3) is 0.269. The third kappa shape index (κ3) is 5.00. The van der Waals surface area contributed by atoms with E-state index in [2.05, 4.69) is 36.6 Å². The fourth-order valence-electron chi connectivity index (χ4n) is 3.54. The summed E-state index contributed by atoms with van der Waals surface area (Å²) < 4.78 is 19.5. The van der Waals surface area contributed by atoms with E-state index in [1.54, 1.807) is 7.11 Å². The zero-order valence-electron chi connectivity index (χ0n) is 18.3. The molecule has 1 aromatic heterocycles. The topological polar surface area (TPSA) is 45.5 Å². The van der Waals surface area contributed by atoms with E-state index in [1.165, 1.54) is 11.1 Å². The van der Waals surface area contributed by atoms with Crippen LogP contribution in [0.3, 0.4) is 0 Å². The highest BCUT2D eigenvalue weighted by molar-refractivity contribution is 5.75. The van der Waals surface area contributed by atoms with Gasteiger partial charge < -0.3 is 18.8 Å². The minimum Gasteiger partial charge on any atom is -0.497 e. The number of hydrogen-bond donors (Lipinski definition) is 0. The van der Waals surface area contributed by atoms with Gasteiger partial charge in [0.15, 0.2) is 0 Å². The van der Waals surface area contributed by atoms with Crippen molar-refractivity contribution in [2.24, 2.45) is 0 Å².